The minimum atomic E-state index is -5.00. The fourth-order valence-corrected chi connectivity index (χ4v) is 2.09. The van der Waals surface area contributed by atoms with Gasteiger partial charge in [0.1, 0.15) is 0 Å². The van der Waals surface area contributed by atoms with Crippen LogP contribution in [0.25, 0.3) is 0 Å². The highest BCUT2D eigenvalue weighted by atomic mass is 35.5. The van der Waals surface area contributed by atoms with Crippen molar-refractivity contribution in [1.29, 1.82) is 0 Å². The highest BCUT2D eigenvalue weighted by molar-refractivity contribution is 6.30. The lowest BCUT2D eigenvalue weighted by Crippen LogP contribution is -2.56. The molecule has 0 radical (unpaired) electrons. The lowest BCUT2D eigenvalue weighted by atomic mass is 10.0. The summed E-state index contributed by atoms with van der Waals surface area (Å²) in [5.74, 6) is -1.03. The number of hydrazone groups is 1. The van der Waals surface area contributed by atoms with Crippen molar-refractivity contribution < 1.29 is 23.1 Å². The van der Waals surface area contributed by atoms with Crippen molar-refractivity contribution in [3.05, 3.63) is 34.9 Å². The molecule has 1 N–H and O–H groups in total. The van der Waals surface area contributed by atoms with E-state index in [9.17, 15) is 23.1 Å². The van der Waals surface area contributed by atoms with Gasteiger partial charge in [0, 0.05) is 22.7 Å². The van der Waals surface area contributed by atoms with Gasteiger partial charge in [0.05, 0.1) is 0 Å². The molecule has 2 rings (SSSR count). The topological polar surface area (TPSA) is 52.9 Å². The van der Waals surface area contributed by atoms with E-state index < -0.39 is 24.2 Å². The van der Waals surface area contributed by atoms with E-state index in [0.29, 0.717) is 5.02 Å². The van der Waals surface area contributed by atoms with Crippen LogP contribution < -0.4 is 0 Å². The average Bonchev–Trinajstić information content (AvgIpc) is 2.77. The zero-order valence-electron chi connectivity index (χ0n) is 11.0. The molecule has 114 valence electrons. The van der Waals surface area contributed by atoms with Gasteiger partial charge in [0.2, 0.25) is 0 Å². The second kappa shape index (κ2) is 5.31. The second-order valence-electron chi connectivity index (χ2n) is 4.63. The van der Waals surface area contributed by atoms with E-state index >= 15 is 0 Å². The van der Waals surface area contributed by atoms with Crippen LogP contribution in [-0.2, 0) is 0 Å². The van der Waals surface area contributed by atoms with Crippen LogP contribution in [0.4, 0.5) is 13.2 Å². The SMILES string of the molecule is CCC1=NN(C(=O)c2ccc(Cl)cc2)C(O)(C(F)(F)F)C1. The number of alkyl halides is 3. The van der Waals surface area contributed by atoms with Gasteiger partial charge in [-0.3, -0.25) is 4.79 Å². The number of hydrogen-bond donors (Lipinski definition) is 1. The van der Waals surface area contributed by atoms with E-state index in [1.54, 1.807) is 6.92 Å². The number of halogens is 4. The molecule has 1 aromatic carbocycles. The summed E-state index contributed by atoms with van der Waals surface area (Å²) in [5.41, 5.74) is -3.24. The van der Waals surface area contributed by atoms with Crippen LogP contribution in [0, 0.1) is 0 Å². The van der Waals surface area contributed by atoms with Gasteiger partial charge in [0.15, 0.2) is 0 Å². The molecular weight excluding hydrogens is 309 g/mol. The molecule has 1 heterocycles. The van der Waals surface area contributed by atoms with Crippen LogP contribution in [-0.4, -0.2) is 33.6 Å². The molecule has 0 bridgehead atoms. The average molecular weight is 321 g/mol. The van der Waals surface area contributed by atoms with Crippen LogP contribution in [0.2, 0.25) is 5.02 Å². The maximum atomic E-state index is 13.1. The minimum absolute atomic E-state index is 0.0387. The lowest BCUT2D eigenvalue weighted by molar-refractivity contribution is -0.297. The predicted octanol–water partition coefficient (Wildman–Crippen LogP) is 3.20. The van der Waals surface area contributed by atoms with Crippen LogP contribution in [0.5, 0.6) is 0 Å². The number of rotatable bonds is 2. The Bertz CT molecular complexity index is 586. The van der Waals surface area contributed by atoms with E-state index in [1.807, 2.05) is 0 Å². The monoisotopic (exact) mass is 320 g/mol. The van der Waals surface area contributed by atoms with Gasteiger partial charge in [-0.1, -0.05) is 18.5 Å². The third-order valence-corrected chi connectivity index (χ3v) is 3.44. The number of benzene rings is 1. The third kappa shape index (κ3) is 2.75. The Morgan fingerprint density at radius 1 is 1.43 bits per heavy atom. The molecule has 8 heteroatoms. The Labute approximate surface area is 123 Å². The normalized spacial score (nSPS) is 22.4. The maximum absolute atomic E-state index is 13.1. The van der Waals surface area contributed by atoms with Crippen molar-refractivity contribution in [2.45, 2.75) is 31.7 Å². The summed E-state index contributed by atoms with van der Waals surface area (Å²) in [5, 5.41) is 14.0. The number of carbonyl (C=O) groups is 1. The first-order valence-corrected chi connectivity index (χ1v) is 6.52. The van der Waals surface area contributed by atoms with E-state index in [1.165, 1.54) is 24.3 Å². The van der Waals surface area contributed by atoms with Gasteiger partial charge < -0.3 is 5.11 Å². The number of amides is 1. The molecule has 0 fully saturated rings. The molecule has 4 nitrogen and oxygen atoms in total. The largest absolute Gasteiger partial charge is 0.438 e. The van der Waals surface area contributed by atoms with Crippen molar-refractivity contribution >= 4 is 23.2 Å². The summed E-state index contributed by atoms with van der Waals surface area (Å²) in [6, 6.07) is 5.31. The van der Waals surface area contributed by atoms with Gasteiger partial charge >= 0.3 is 6.18 Å². The molecule has 1 atom stereocenters. The van der Waals surface area contributed by atoms with Crippen LogP contribution >= 0.6 is 11.6 Å². The standard InChI is InChI=1S/C13H12ClF3N2O2/c1-2-10-7-12(21,13(15,16)17)19(18-10)11(20)8-3-5-9(14)6-4-8/h3-6,21H,2,7H2,1H3. The molecular formula is C13H12ClF3N2O2. The van der Waals surface area contributed by atoms with Crippen LogP contribution in [0.15, 0.2) is 29.4 Å². The van der Waals surface area contributed by atoms with E-state index in [2.05, 4.69) is 5.10 Å². The lowest BCUT2D eigenvalue weighted by Gasteiger charge is -2.32. The molecule has 1 aliphatic rings. The summed E-state index contributed by atoms with van der Waals surface area (Å²) in [4.78, 5) is 12.2. The highest BCUT2D eigenvalue weighted by Gasteiger charge is 2.63. The highest BCUT2D eigenvalue weighted by Crippen LogP contribution is 2.41. The molecule has 1 aromatic rings. The first-order valence-electron chi connectivity index (χ1n) is 6.14. The Morgan fingerprint density at radius 3 is 2.48 bits per heavy atom. The fraction of sp³-hybridized carbons (Fsp3) is 0.385. The molecule has 0 spiro atoms. The minimum Gasteiger partial charge on any atom is -0.362 e. The van der Waals surface area contributed by atoms with Gasteiger partial charge in [-0.05, 0) is 30.7 Å². The summed E-state index contributed by atoms with van der Waals surface area (Å²) in [7, 11) is 0. The molecule has 0 aliphatic carbocycles. The van der Waals surface area contributed by atoms with Crippen molar-refractivity contribution in [2.24, 2.45) is 5.10 Å². The molecule has 0 saturated heterocycles. The van der Waals surface area contributed by atoms with E-state index in [0.717, 1.165) is 0 Å². The Balaban J connectivity index is 2.40. The predicted molar refractivity (Wildman–Crippen MR) is 71.0 cm³/mol. The zero-order chi connectivity index (χ0) is 15.8. The van der Waals surface area contributed by atoms with E-state index in [4.69, 9.17) is 11.6 Å². The molecule has 1 unspecified atom stereocenters. The summed E-state index contributed by atoms with van der Waals surface area (Å²) >= 11 is 5.67. The Hall–Kier alpha value is -1.60. The van der Waals surface area contributed by atoms with Gasteiger partial charge in [-0.25, -0.2) is 0 Å². The molecule has 21 heavy (non-hydrogen) atoms. The van der Waals surface area contributed by atoms with Crippen LogP contribution in [0.1, 0.15) is 30.1 Å². The number of nitrogens with zero attached hydrogens (tertiary/aromatic N) is 2. The van der Waals surface area contributed by atoms with Crippen molar-refractivity contribution in [3.8, 4) is 0 Å². The number of carbonyl (C=O) groups excluding carboxylic acids is 1. The number of hydrogen-bond acceptors (Lipinski definition) is 3. The Kier molecular flexibility index (Phi) is 3.99. The second-order valence-corrected chi connectivity index (χ2v) is 5.07. The van der Waals surface area contributed by atoms with Crippen LogP contribution in [0.3, 0.4) is 0 Å². The first kappa shape index (κ1) is 15.8. The van der Waals surface area contributed by atoms with Gasteiger partial charge in [-0.15, -0.1) is 0 Å². The van der Waals surface area contributed by atoms with Crippen molar-refractivity contribution in [3.63, 3.8) is 0 Å². The summed E-state index contributed by atoms with van der Waals surface area (Å²) in [6.45, 7) is 1.60. The van der Waals surface area contributed by atoms with Crippen molar-refractivity contribution in [2.75, 3.05) is 0 Å². The smallest absolute Gasteiger partial charge is 0.362 e. The molecule has 0 saturated carbocycles. The third-order valence-electron chi connectivity index (χ3n) is 3.19. The van der Waals surface area contributed by atoms with E-state index in [-0.39, 0.29) is 22.7 Å². The van der Waals surface area contributed by atoms with Crippen molar-refractivity contribution in [1.82, 2.24) is 5.01 Å². The quantitative estimate of drug-likeness (QED) is 0.909. The number of aliphatic hydroxyl groups is 1. The molecule has 1 aliphatic heterocycles. The molecule has 1 amide bonds. The van der Waals surface area contributed by atoms with Gasteiger partial charge in [-0.2, -0.15) is 23.3 Å². The zero-order valence-corrected chi connectivity index (χ0v) is 11.7. The Morgan fingerprint density at radius 2 is 2.00 bits per heavy atom. The molecule has 0 aromatic heterocycles. The first-order chi connectivity index (χ1) is 9.69. The summed E-state index contributed by atoms with van der Waals surface area (Å²) < 4.78 is 39.3. The fourth-order valence-electron chi connectivity index (χ4n) is 1.96. The maximum Gasteiger partial charge on any atom is 0.438 e. The van der Waals surface area contributed by atoms with Gasteiger partial charge in [0.25, 0.3) is 11.6 Å². The summed E-state index contributed by atoms with van der Waals surface area (Å²) in [6.07, 6.45) is -5.54.